The lowest BCUT2D eigenvalue weighted by Crippen LogP contribution is -2.42. The molecule has 0 spiro atoms. The zero-order chi connectivity index (χ0) is 20.3. The van der Waals surface area contributed by atoms with E-state index in [9.17, 15) is 13.6 Å². The van der Waals surface area contributed by atoms with Crippen molar-refractivity contribution in [2.75, 3.05) is 13.1 Å². The van der Waals surface area contributed by atoms with Crippen LogP contribution in [0.25, 0.3) is 0 Å². The van der Waals surface area contributed by atoms with E-state index in [0.717, 1.165) is 11.6 Å². The molecule has 3 rings (SSSR count). The van der Waals surface area contributed by atoms with Crippen molar-refractivity contribution in [3.8, 4) is 0 Å². The van der Waals surface area contributed by atoms with Crippen LogP contribution in [0.2, 0.25) is 0 Å². The molecule has 4 nitrogen and oxygen atoms in total. The number of hydrogen-bond acceptors (Lipinski definition) is 3. The standard InChI is InChI=1S/C22H26F2N2O2/c1-22(2,3)28-21(27)25-20-14-26(12-15-7-5-4-6-8-15)13-19(20)16-9-17(23)11-18(24)10-16/h4-11,19-20H,12-14H2,1-3H3,(H,25,27). The molecular weight excluding hydrogens is 362 g/mol. The minimum absolute atomic E-state index is 0.235. The molecule has 1 N–H and O–H groups in total. The average Bonchev–Trinajstić information content (AvgIpc) is 2.95. The Morgan fingerprint density at radius 2 is 1.75 bits per heavy atom. The van der Waals surface area contributed by atoms with Crippen molar-refractivity contribution in [1.82, 2.24) is 10.2 Å². The highest BCUT2D eigenvalue weighted by Gasteiger charge is 2.36. The highest BCUT2D eigenvalue weighted by Crippen LogP contribution is 2.30. The third-order valence-corrected chi connectivity index (χ3v) is 4.66. The Labute approximate surface area is 164 Å². The van der Waals surface area contributed by atoms with Gasteiger partial charge in [0.05, 0.1) is 6.04 Å². The maximum absolute atomic E-state index is 13.8. The lowest BCUT2D eigenvalue weighted by molar-refractivity contribution is 0.0502. The second kappa shape index (κ2) is 8.27. The Kier molecular flexibility index (Phi) is 5.98. The van der Waals surface area contributed by atoms with Gasteiger partial charge >= 0.3 is 6.09 Å². The van der Waals surface area contributed by atoms with Crippen LogP contribution in [0.15, 0.2) is 48.5 Å². The van der Waals surface area contributed by atoms with Crippen LogP contribution in [0.5, 0.6) is 0 Å². The molecule has 1 aliphatic rings. The predicted molar refractivity (Wildman–Crippen MR) is 104 cm³/mol. The molecule has 1 fully saturated rings. The van der Waals surface area contributed by atoms with Gasteiger partial charge in [-0.15, -0.1) is 0 Å². The van der Waals surface area contributed by atoms with Crippen molar-refractivity contribution in [1.29, 1.82) is 0 Å². The highest BCUT2D eigenvalue weighted by atomic mass is 19.1. The first-order chi connectivity index (χ1) is 13.2. The van der Waals surface area contributed by atoms with E-state index in [0.29, 0.717) is 25.2 Å². The monoisotopic (exact) mass is 388 g/mol. The van der Waals surface area contributed by atoms with Crippen LogP contribution >= 0.6 is 0 Å². The van der Waals surface area contributed by atoms with Gasteiger partial charge in [-0.25, -0.2) is 13.6 Å². The van der Waals surface area contributed by atoms with Crippen LogP contribution in [0.3, 0.4) is 0 Å². The third kappa shape index (κ3) is 5.52. The van der Waals surface area contributed by atoms with Crippen molar-refractivity contribution < 1.29 is 18.3 Å². The Morgan fingerprint density at radius 3 is 2.36 bits per heavy atom. The largest absolute Gasteiger partial charge is 0.444 e. The normalized spacial score (nSPS) is 20.2. The number of nitrogens with one attached hydrogen (secondary N) is 1. The van der Waals surface area contributed by atoms with Crippen LogP contribution in [0.1, 0.15) is 37.8 Å². The second-order valence-electron chi connectivity index (χ2n) is 8.24. The Hall–Kier alpha value is -2.47. The second-order valence-corrected chi connectivity index (χ2v) is 8.24. The molecule has 1 saturated heterocycles. The fourth-order valence-corrected chi connectivity index (χ4v) is 3.59. The summed E-state index contributed by atoms with van der Waals surface area (Å²) in [5, 5.41) is 2.89. The quantitative estimate of drug-likeness (QED) is 0.841. The predicted octanol–water partition coefficient (Wildman–Crippen LogP) is 4.46. The molecule has 2 atom stereocenters. The number of halogens is 2. The van der Waals surface area contributed by atoms with Gasteiger partial charge < -0.3 is 10.1 Å². The number of alkyl carbamates (subject to hydrolysis) is 1. The van der Waals surface area contributed by atoms with Gasteiger partial charge in [-0.1, -0.05) is 30.3 Å². The number of hydrogen-bond donors (Lipinski definition) is 1. The first kappa shape index (κ1) is 20.3. The molecule has 0 bridgehead atoms. The van der Waals surface area contributed by atoms with Gasteiger partial charge in [0.1, 0.15) is 17.2 Å². The van der Waals surface area contributed by atoms with Gasteiger partial charge in [0.15, 0.2) is 0 Å². The van der Waals surface area contributed by atoms with Crippen molar-refractivity contribution in [3.05, 3.63) is 71.3 Å². The molecule has 2 aromatic rings. The summed E-state index contributed by atoms with van der Waals surface area (Å²) < 4.78 is 32.9. The molecule has 0 radical (unpaired) electrons. The van der Waals surface area contributed by atoms with E-state index in [4.69, 9.17) is 4.74 Å². The van der Waals surface area contributed by atoms with Crippen LogP contribution in [0, 0.1) is 11.6 Å². The summed E-state index contributed by atoms with van der Waals surface area (Å²) in [5.74, 6) is -1.47. The molecule has 28 heavy (non-hydrogen) atoms. The number of benzene rings is 2. The lowest BCUT2D eigenvalue weighted by atomic mass is 9.94. The molecule has 1 aliphatic heterocycles. The van der Waals surface area contributed by atoms with Crippen molar-refractivity contribution in [3.63, 3.8) is 0 Å². The number of amides is 1. The first-order valence-corrected chi connectivity index (χ1v) is 9.41. The Balaban J connectivity index is 1.79. The number of likely N-dealkylation sites (tertiary alicyclic amines) is 1. The molecule has 2 aromatic carbocycles. The molecule has 6 heteroatoms. The van der Waals surface area contributed by atoms with E-state index in [-0.39, 0.29) is 12.0 Å². The number of carbonyl (C=O) groups excluding carboxylic acids is 1. The minimum Gasteiger partial charge on any atom is -0.444 e. The summed E-state index contributed by atoms with van der Waals surface area (Å²) in [5.41, 5.74) is 1.06. The maximum Gasteiger partial charge on any atom is 0.407 e. The molecule has 0 aliphatic carbocycles. The van der Waals surface area contributed by atoms with E-state index >= 15 is 0 Å². The van der Waals surface area contributed by atoms with E-state index in [1.165, 1.54) is 12.1 Å². The van der Waals surface area contributed by atoms with Crippen LogP contribution in [-0.2, 0) is 11.3 Å². The lowest BCUT2D eigenvalue weighted by Gasteiger charge is -2.24. The van der Waals surface area contributed by atoms with Gasteiger partial charge in [0.2, 0.25) is 0 Å². The van der Waals surface area contributed by atoms with Crippen LogP contribution in [0.4, 0.5) is 13.6 Å². The molecule has 1 heterocycles. The molecular formula is C22H26F2N2O2. The SMILES string of the molecule is CC(C)(C)OC(=O)NC1CN(Cc2ccccc2)CC1c1cc(F)cc(F)c1. The summed E-state index contributed by atoms with van der Waals surface area (Å²) in [6, 6.07) is 13.2. The van der Waals surface area contributed by atoms with Crippen molar-refractivity contribution >= 4 is 6.09 Å². The molecule has 0 saturated carbocycles. The fourth-order valence-electron chi connectivity index (χ4n) is 3.59. The summed E-state index contributed by atoms with van der Waals surface area (Å²) >= 11 is 0. The number of carbonyl (C=O) groups is 1. The van der Waals surface area contributed by atoms with E-state index in [2.05, 4.69) is 10.2 Å². The minimum atomic E-state index is -0.618. The fraction of sp³-hybridized carbons (Fsp3) is 0.409. The van der Waals surface area contributed by atoms with E-state index in [1.54, 1.807) is 20.8 Å². The topological polar surface area (TPSA) is 41.6 Å². The summed E-state index contributed by atoms with van der Waals surface area (Å²) in [6.07, 6.45) is -0.527. The zero-order valence-electron chi connectivity index (χ0n) is 16.4. The van der Waals surface area contributed by atoms with Gasteiger partial charge in [-0.05, 0) is 44.0 Å². The highest BCUT2D eigenvalue weighted by molar-refractivity contribution is 5.68. The molecule has 150 valence electrons. The van der Waals surface area contributed by atoms with Gasteiger partial charge in [0.25, 0.3) is 0 Å². The van der Waals surface area contributed by atoms with Gasteiger partial charge in [-0.2, -0.15) is 0 Å². The molecule has 1 amide bonds. The van der Waals surface area contributed by atoms with Gasteiger partial charge in [0, 0.05) is 31.6 Å². The zero-order valence-corrected chi connectivity index (χ0v) is 16.4. The van der Waals surface area contributed by atoms with Crippen LogP contribution < -0.4 is 5.32 Å². The number of rotatable bonds is 4. The maximum atomic E-state index is 13.8. The summed E-state index contributed by atoms with van der Waals surface area (Å²) in [6.45, 7) is 7.23. The number of nitrogens with zero attached hydrogens (tertiary/aromatic N) is 1. The van der Waals surface area contributed by atoms with Gasteiger partial charge in [-0.3, -0.25) is 4.90 Å². The molecule has 0 aromatic heterocycles. The first-order valence-electron chi connectivity index (χ1n) is 9.41. The van der Waals surface area contributed by atoms with Crippen LogP contribution in [-0.4, -0.2) is 35.7 Å². The van der Waals surface area contributed by atoms with Crippen molar-refractivity contribution in [2.45, 2.75) is 44.9 Å². The summed E-state index contributed by atoms with van der Waals surface area (Å²) in [4.78, 5) is 14.5. The average molecular weight is 388 g/mol. The number of ether oxygens (including phenoxy) is 1. The Morgan fingerprint density at radius 1 is 1.11 bits per heavy atom. The smallest absolute Gasteiger partial charge is 0.407 e. The Bertz CT molecular complexity index is 801. The molecule has 2 unspecified atom stereocenters. The van der Waals surface area contributed by atoms with Crippen molar-refractivity contribution in [2.24, 2.45) is 0 Å². The van der Waals surface area contributed by atoms with E-state index < -0.39 is 23.3 Å². The third-order valence-electron chi connectivity index (χ3n) is 4.66. The van der Waals surface area contributed by atoms with E-state index in [1.807, 2.05) is 30.3 Å². The summed E-state index contributed by atoms with van der Waals surface area (Å²) in [7, 11) is 0.